The van der Waals surface area contributed by atoms with E-state index in [2.05, 4.69) is 29.6 Å². The lowest BCUT2D eigenvalue weighted by atomic mass is 10.1. The summed E-state index contributed by atoms with van der Waals surface area (Å²) < 4.78 is 91.7. The Bertz CT molecular complexity index is 2180. The number of nitrogens with two attached hydrogens (primary N) is 1. The monoisotopic (exact) mass is 1050 g/mol. The van der Waals surface area contributed by atoms with E-state index in [-0.39, 0.29) is 50.6 Å². The van der Waals surface area contributed by atoms with Gasteiger partial charge in [0.15, 0.2) is 5.95 Å². The van der Waals surface area contributed by atoms with Crippen LogP contribution in [0, 0.1) is 0 Å². The van der Waals surface area contributed by atoms with Crippen LogP contribution >= 0.6 is 7.60 Å². The van der Waals surface area contributed by atoms with Gasteiger partial charge in [0.05, 0.1) is 55.2 Å². The van der Waals surface area contributed by atoms with Gasteiger partial charge in [-0.3, -0.25) is 34.0 Å². The first-order valence-corrected chi connectivity index (χ1v) is 23.4. The fourth-order valence-electron chi connectivity index (χ4n) is 4.08. The van der Waals surface area contributed by atoms with E-state index >= 15 is 0 Å². The van der Waals surface area contributed by atoms with Gasteiger partial charge in [-0.05, 0) is 143 Å². The molecule has 23 heteroatoms. The Kier molecular flexibility index (Phi) is 39.6. The third kappa shape index (κ3) is 29.2. The average Bonchev–Trinajstić information content (AvgIpc) is 3.75. The van der Waals surface area contributed by atoms with E-state index in [4.69, 9.17) is 10.2 Å². The molecule has 5 N–H and O–H groups in total. The molecule has 406 valence electrons. The number of nitrogens with one attached hydrogen (secondary N) is 1. The second-order valence-corrected chi connectivity index (χ2v) is 17.0. The van der Waals surface area contributed by atoms with Gasteiger partial charge in [0.1, 0.15) is 17.4 Å². The third-order valence-corrected chi connectivity index (χ3v) is 9.63. The number of aliphatic hydroxyl groups excluding tert-OH is 2. The van der Waals surface area contributed by atoms with Crippen molar-refractivity contribution < 1.29 is 88.8 Å². The number of fused-ring (bicyclic) bond motifs is 2. The number of esters is 2. The number of aliphatic hydroxyl groups is 2. The second-order valence-electron chi connectivity index (χ2n) is 14.9. The molecule has 72 heavy (non-hydrogen) atoms. The Labute approximate surface area is 418 Å². The smallest absolute Gasteiger partial charge is 0.375 e. The van der Waals surface area contributed by atoms with Crippen molar-refractivity contribution in [2.75, 3.05) is 46.7 Å². The highest BCUT2D eigenvalue weighted by molar-refractivity contribution is 7.55. The van der Waals surface area contributed by atoms with E-state index in [9.17, 15) is 60.1 Å². The number of rotatable bonds is 11. The molecule has 2 heterocycles. The molecule has 0 aromatic heterocycles. The molecule has 2 aliphatic rings. The summed E-state index contributed by atoms with van der Waals surface area (Å²) in [5.41, 5.74) is 8.18. The molecule has 4 amide bonds. The van der Waals surface area contributed by atoms with Gasteiger partial charge in [-0.2, -0.15) is 8.78 Å². The number of ketones is 1. The lowest BCUT2D eigenvalue weighted by Gasteiger charge is -2.17. The van der Waals surface area contributed by atoms with Crippen molar-refractivity contribution in [3.8, 4) is 0 Å². The molecular weight excluding hydrogens is 981 g/mol. The number of carbonyl (C=O) groups is 7. The Hall–Kier alpha value is -6.19. The minimum absolute atomic E-state index is 0.00899. The molecular formula is C49H71F5N3O14P. The number of ether oxygens (including phenoxy) is 2. The first kappa shape index (κ1) is 72.4. The van der Waals surface area contributed by atoms with E-state index in [0.29, 0.717) is 44.5 Å². The standard InChI is InChI=1S/C13H12FNO2.C8H5NO2.C7H14FO5P.C7H11FO2.C5H9FO.C4H8FN.C3H6O.C2H6O/c1-8(2)11(14)7-15-12(16)9-5-3-4-6-10(9)13(15)17;10-7-5-3-1-2-4-6(5)8(11)9-7;1-4-12-7(9)6(8)14(10,11-3)13-5-2;1-4-10-7(9)6(8)5(2)3;1-4(2)5(6)3-7;1-3(2)4(5)6;1-3(2)4;1-2-3/h3-6H,7H2,1-2H3;1-4H,(H,9,10,11);6H,4-5H2,1-3H3;4H2,1-3H3;7H,3H2,1-2H3;6H2,1-2H3;1-2H3;3H,2H2,1H3. The fourth-order valence-corrected chi connectivity index (χ4v) is 5.20. The van der Waals surface area contributed by atoms with Crippen LogP contribution in [0.4, 0.5) is 22.0 Å². The number of hydrogen-bond acceptors (Lipinski definition) is 15. The molecule has 2 aliphatic heterocycles. The van der Waals surface area contributed by atoms with Gasteiger partial charge in [0.2, 0.25) is 5.83 Å². The van der Waals surface area contributed by atoms with Crippen molar-refractivity contribution in [3.63, 3.8) is 0 Å². The molecule has 2 aromatic carbocycles. The fraction of sp³-hybridized carbons (Fsp3) is 0.449. The van der Waals surface area contributed by atoms with Crippen LogP contribution in [0.1, 0.15) is 138 Å². The maximum absolute atomic E-state index is 13.5. The number of hydrogen-bond donors (Lipinski definition) is 4. The molecule has 0 aliphatic carbocycles. The molecule has 0 spiro atoms. The second kappa shape index (κ2) is 39.4. The normalized spacial score (nSPS) is 12.2. The van der Waals surface area contributed by atoms with Crippen LogP contribution < -0.4 is 11.1 Å². The number of alkyl halides is 1. The lowest BCUT2D eigenvalue weighted by molar-refractivity contribution is -0.146. The summed E-state index contributed by atoms with van der Waals surface area (Å²) in [4.78, 5) is 77.5. The van der Waals surface area contributed by atoms with Crippen LogP contribution in [0.25, 0.3) is 0 Å². The van der Waals surface area contributed by atoms with Gasteiger partial charge in [-0.25, -0.2) is 22.8 Å². The van der Waals surface area contributed by atoms with Crippen LogP contribution in [0.5, 0.6) is 0 Å². The number of amides is 4. The number of allylic oxidation sites excluding steroid dienone is 4. The van der Waals surface area contributed by atoms with Crippen molar-refractivity contribution in [2.24, 2.45) is 5.73 Å². The Morgan fingerprint density at radius 3 is 1.28 bits per heavy atom. The molecule has 2 atom stereocenters. The predicted molar refractivity (Wildman–Crippen MR) is 263 cm³/mol. The van der Waals surface area contributed by atoms with Crippen LogP contribution in [-0.2, 0) is 37.5 Å². The van der Waals surface area contributed by atoms with Gasteiger partial charge in [0.25, 0.3) is 29.5 Å². The largest absolute Gasteiger partial charge is 0.463 e. The van der Waals surface area contributed by atoms with Gasteiger partial charge >= 0.3 is 19.5 Å². The van der Waals surface area contributed by atoms with Gasteiger partial charge in [0, 0.05) is 13.7 Å². The summed E-state index contributed by atoms with van der Waals surface area (Å²) in [7, 11) is -3.00. The maximum Gasteiger partial charge on any atom is 0.375 e. The highest BCUT2D eigenvalue weighted by Crippen LogP contribution is 2.53. The molecule has 2 unspecified atom stereocenters. The number of nitrogens with zero attached hydrogens (tertiary/aromatic N) is 1. The highest BCUT2D eigenvalue weighted by Gasteiger charge is 2.42. The van der Waals surface area contributed by atoms with Crippen molar-refractivity contribution in [2.45, 2.75) is 103 Å². The van der Waals surface area contributed by atoms with Gasteiger partial charge < -0.3 is 39.3 Å². The average molecular weight is 1050 g/mol. The van der Waals surface area contributed by atoms with E-state index in [1.165, 1.54) is 41.5 Å². The van der Waals surface area contributed by atoms with Crippen LogP contribution in [0.2, 0.25) is 0 Å². The van der Waals surface area contributed by atoms with Gasteiger partial charge in [-0.1, -0.05) is 24.3 Å². The zero-order chi connectivity index (χ0) is 57.1. The quantitative estimate of drug-likeness (QED) is 0.0408. The summed E-state index contributed by atoms with van der Waals surface area (Å²) in [6, 6.07) is 13.3. The zero-order valence-electron chi connectivity index (χ0n) is 43.6. The maximum atomic E-state index is 13.5. The molecule has 0 saturated heterocycles. The number of halogens is 5. The summed E-state index contributed by atoms with van der Waals surface area (Å²) >= 11 is 0. The first-order chi connectivity index (χ1) is 33.4. The Balaban J connectivity index is -0.000000386. The summed E-state index contributed by atoms with van der Waals surface area (Å²) in [6.45, 7) is 21.8. The number of imide groups is 2. The zero-order valence-corrected chi connectivity index (χ0v) is 44.5. The lowest BCUT2D eigenvalue weighted by Crippen LogP contribution is -2.31. The van der Waals surface area contributed by atoms with Crippen molar-refractivity contribution >= 4 is 48.9 Å². The van der Waals surface area contributed by atoms with E-state index < -0.39 is 67.3 Å². The minimum Gasteiger partial charge on any atom is -0.463 e. The Morgan fingerprint density at radius 1 is 0.653 bits per heavy atom. The Morgan fingerprint density at radius 2 is 1.01 bits per heavy atom. The first-order valence-electron chi connectivity index (χ1n) is 21.8. The SMILES string of the molecule is CC(C)=C(F)CN1C(=O)c2ccccc2C1=O.CC(C)=C(F)CO.CC(C)=C(N)F.CC(C)=O.CCO.CCOC(=O)C(F)=C(C)C.CCOC(=O)C(F)P(=O)(OC)OCC.O=C1NC(=O)c2ccccc21. The summed E-state index contributed by atoms with van der Waals surface area (Å²) in [6.07, 6.45) is 0. The molecule has 0 radical (unpaired) electrons. The molecule has 0 bridgehead atoms. The molecule has 17 nitrogen and oxygen atoms in total. The van der Waals surface area contributed by atoms with Crippen molar-refractivity contribution in [3.05, 3.63) is 117 Å². The van der Waals surface area contributed by atoms with Crippen LogP contribution in [-0.4, -0.2) is 109 Å². The van der Waals surface area contributed by atoms with Crippen molar-refractivity contribution in [1.29, 1.82) is 0 Å². The molecule has 0 fully saturated rings. The van der Waals surface area contributed by atoms with Gasteiger partial charge in [-0.15, -0.1) is 0 Å². The number of benzene rings is 2. The molecule has 4 rings (SSSR count). The van der Waals surface area contributed by atoms with E-state index in [1.807, 2.05) is 0 Å². The number of Topliss-reactive ketones (excluding diaryl/α,β-unsaturated/α-hetero) is 1. The highest BCUT2D eigenvalue weighted by atomic mass is 31.2. The summed E-state index contributed by atoms with van der Waals surface area (Å²) in [5.74, 6) is -8.02. The van der Waals surface area contributed by atoms with Crippen LogP contribution in [0.15, 0.2) is 94.3 Å². The number of carbonyl (C=O) groups excluding carboxylic acids is 7. The van der Waals surface area contributed by atoms with Crippen molar-refractivity contribution in [1.82, 2.24) is 10.2 Å². The predicted octanol–water partition coefficient (Wildman–Crippen LogP) is 9.65. The molecule has 0 saturated carbocycles. The third-order valence-electron chi connectivity index (χ3n) is 7.74. The van der Waals surface area contributed by atoms with E-state index in [0.717, 1.165) is 12.0 Å². The summed E-state index contributed by atoms with van der Waals surface area (Å²) in [5, 5.41) is 17.8. The topological polar surface area (TPSA) is 255 Å². The molecule has 2 aromatic rings. The van der Waals surface area contributed by atoms with Crippen LogP contribution in [0.3, 0.4) is 0 Å². The minimum atomic E-state index is -4.02. The van der Waals surface area contributed by atoms with E-state index in [1.54, 1.807) is 104 Å².